The molecule has 1 aromatic heterocycles. The monoisotopic (exact) mass is 370 g/mol. The van der Waals surface area contributed by atoms with Gasteiger partial charge in [-0.25, -0.2) is 4.63 Å². The predicted molar refractivity (Wildman–Crippen MR) is 93.5 cm³/mol. The van der Waals surface area contributed by atoms with Crippen molar-refractivity contribution in [2.45, 2.75) is 51.2 Å². The Hall–Kier alpha value is -1.18. The standard InChI is InChI=1S/C17H26N4O3.ClH/c1-10-14(21-24-20-10)6-17(22)19-15-4-12-7-18-8-13(12)5-16(15)23-9-11-2-3-11;/h11-13,15-16,18H,2-9H2,1H3,(H,19,22);1H/t12-,13+,15-,16-;/m0./s1. The Labute approximate surface area is 154 Å². The summed E-state index contributed by atoms with van der Waals surface area (Å²) in [7, 11) is 0. The molecule has 1 aliphatic heterocycles. The van der Waals surface area contributed by atoms with Gasteiger partial charge < -0.3 is 15.4 Å². The van der Waals surface area contributed by atoms with Crippen molar-refractivity contribution in [3.05, 3.63) is 11.4 Å². The summed E-state index contributed by atoms with van der Waals surface area (Å²) in [6.07, 6.45) is 4.96. The molecule has 8 heteroatoms. The lowest BCUT2D eigenvalue weighted by Crippen LogP contribution is -2.51. The van der Waals surface area contributed by atoms with E-state index in [4.69, 9.17) is 4.74 Å². The molecule has 140 valence electrons. The summed E-state index contributed by atoms with van der Waals surface area (Å²) in [5.74, 6) is 2.05. The lowest BCUT2D eigenvalue weighted by atomic mass is 9.77. The van der Waals surface area contributed by atoms with Gasteiger partial charge in [-0.05, 0) is 63.5 Å². The number of rotatable bonds is 6. The molecule has 2 N–H and O–H groups in total. The van der Waals surface area contributed by atoms with Crippen LogP contribution in [0.15, 0.2) is 4.63 Å². The van der Waals surface area contributed by atoms with E-state index in [1.807, 2.05) is 0 Å². The van der Waals surface area contributed by atoms with Crippen LogP contribution in [0, 0.1) is 24.7 Å². The van der Waals surface area contributed by atoms with Crippen LogP contribution in [0.2, 0.25) is 0 Å². The minimum absolute atomic E-state index is 0. The van der Waals surface area contributed by atoms with Crippen molar-refractivity contribution in [2.75, 3.05) is 19.7 Å². The number of aryl methyl sites for hydroxylation is 1. The van der Waals surface area contributed by atoms with Crippen LogP contribution < -0.4 is 10.6 Å². The normalized spacial score (nSPS) is 31.2. The van der Waals surface area contributed by atoms with Crippen molar-refractivity contribution in [3.63, 3.8) is 0 Å². The number of fused-ring (bicyclic) bond motifs is 1. The van der Waals surface area contributed by atoms with E-state index in [1.54, 1.807) is 6.92 Å². The second-order valence-corrected chi connectivity index (χ2v) is 7.61. The molecule has 7 nitrogen and oxygen atoms in total. The van der Waals surface area contributed by atoms with E-state index in [9.17, 15) is 4.79 Å². The molecule has 1 aromatic rings. The molecular weight excluding hydrogens is 344 g/mol. The maximum Gasteiger partial charge on any atom is 0.226 e. The molecule has 1 saturated heterocycles. The smallest absolute Gasteiger partial charge is 0.226 e. The Morgan fingerprint density at radius 3 is 2.72 bits per heavy atom. The molecule has 3 fully saturated rings. The number of halogens is 1. The second kappa shape index (κ2) is 8.01. The molecule has 0 radical (unpaired) electrons. The average molecular weight is 371 g/mol. The first-order chi connectivity index (χ1) is 11.7. The number of nitrogens with zero attached hydrogens (tertiary/aromatic N) is 2. The van der Waals surface area contributed by atoms with Gasteiger partial charge in [-0.1, -0.05) is 10.3 Å². The molecular formula is C17H27ClN4O3. The molecule has 0 bridgehead atoms. The van der Waals surface area contributed by atoms with Gasteiger partial charge in [0.2, 0.25) is 5.91 Å². The first kappa shape index (κ1) is 18.6. The van der Waals surface area contributed by atoms with Gasteiger partial charge >= 0.3 is 0 Å². The van der Waals surface area contributed by atoms with Crippen LogP contribution >= 0.6 is 12.4 Å². The molecule has 0 aromatic carbocycles. The highest BCUT2D eigenvalue weighted by Gasteiger charge is 2.41. The summed E-state index contributed by atoms with van der Waals surface area (Å²) >= 11 is 0. The zero-order valence-corrected chi connectivity index (χ0v) is 15.4. The number of carbonyl (C=O) groups excluding carboxylic acids is 1. The van der Waals surface area contributed by atoms with Gasteiger partial charge in [0.15, 0.2) is 0 Å². The average Bonchev–Trinajstić information content (AvgIpc) is 3.14. The lowest BCUT2D eigenvalue weighted by molar-refractivity contribution is -0.123. The molecule has 25 heavy (non-hydrogen) atoms. The predicted octanol–water partition coefficient (Wildman–Crippen LogP) is 1.25. The van der Waals surface area contributed by atoms with Crippen molar-refractivity contribution in [2.24, 2.45) is 17.8 Å². The minimum atomic E-state index is -0.0248. The summed E-state index contributed by atoms with van der Waals surface area (Å²) < 4.78 is 10.9. The highest BCUT2D eigenvalue weighted by molar-refractivity contribution is 5.85. The lowest BCUT2D eigenvalue weighted by Gasteiger charge is -2.38. The molecule has 4 rings (SSSR count). The van der Waals surface area contributed by atoms with Gasteiger partial charge in [0.1, 0.15) is 11.4 Å². The highest BCUT2D eigenvalue weighted by atomic mass is 35.5. The van der Waals surface area contributed by atoms with Gasteiger partial charge in [0.05, 0.1) is 18.6 Å². The van der Waals surface area contributed by atoms with Gasteiger partial charge in [0.25, 0.3) is 0 Å². The number of hydrogen-bond donors (Lipinski definition) is 2. The summed E-state index contributed by atoms with van der Waals surface area (Å²) in [6, 6.07) is 0.0950. The highest BCUT2D eigenvalue weighted by Crippen LogP contribution is 2.36. The zero-order valence-electron chi connectivity index (χ0n) is 14.6. The Bertz CT molecular complexity index is 592. The molecule has 2 heterocycles. The Morgan fingerprint density at radius 1 is 1.28 bits per heavy atom. The van der Waals surface area contributed by atoms with Gasteiger partial charge in [0, 0.05) is 6.61 Å². The zero-order chi connectivity index (χ0) is 16.5. The maximum absolute atomic E-state index is 12.4. The SMILES string of the molecule is Cc1nonc1CC(=O)N[C@H]1C[C@H]2CNC[C@H]2C[C@@H]1OCC1CC1.Cl. The summed E-state index contributed by atoms with van der Waals surface area (Å²) in [5.41, 5.74) is 1.29. The van der Waals surface area contributed by atoms with E-state index < -0.39 is 0 Å². The van der Waals surface area contributed by atoms with Crippen molar-refractivity contribution >= 4 is 18.3 Å². The minimum Gasteiger partial charge on any atom is -0.376 e. The van der Waals surface area contributed by atoms with E-state index in [0.717, 1.165) is 38.5 Å². The van der Waals surface area contributed by atoms with E-state index in [0.29, 0.717) is 23.2 Å². The van der Waals surface area contributed by atoms with Crippen LogP contribution in [-0.4, -0.2) is 48.1 Å². The summed E-state index contributed by atoms with van der Waals surface area (Å²) in [5, 5.41) is 14.2. The van der Waals surface area contributed by atoms with Crippen molar-refractivity contribution < 1.29 is 14.2 Å². The topological polar surface area (TPSA) is 89.3 Å². The fourth-order valence-corrected chi connectivity index (χ4v) is 3.98. The third-order valence-electron chi connectivity index (χ3n) is 5.68. The largest absolute Gasteiger partial charge is 0.376 e. The molecule has 3 aliphatic rings. The van der Waals surface area contributed by atoms with E-state index >= 15 is 0 Å². The molecule has 1 amide bonds. The molecule has 2 saturated carbocycles. The van der Waals surface area contributed by atoms with Gasteiger partial charge in [-0.2, -0.15) is 0 Å². The first-order valence-electron chi connectivity index (χ1n) is 9.08. The van der Waals surface area contributed by atoms with Crippen molar-refractivity contribution in [3.8, 4) is 0 Å². The Balaban J connectivity index is 0.00000182. The van der Waals surface area contributed by atoms with E-state index in [2.05, 4.69) is 25.6 Å². The van der Waals surface area contributed by atoms with Crippen LogP contribution in [-0.2, 0) is 16.0 Å². The Morgan fingerprint density at radius 2 is 2.04 bits per heavy atom. The van der Waals surface area contributed by atoms with Gasteiger partial charge in [-0.3, -0.25) is 4.79 Å². The number of ether oxygens (including phenoxy) is 1. The van der Waals surface area contributed by atoms with Crippen LogP contribution in [0.4, 0.5) is 0 Å². The van der Waals surface area contributed by atoms with Crippen LogP contribution in [0.25, 0.3) is 0 Å². The summed E-state index contributed by atoms with van der Waals surface area (Å²) in [4.78, 5) is 12.4. The number of carbonyl (C=O) groups is 1. The Kier molecular flexibility index (Phi) is 5.96. The quantitative estimate of drug-likeness (QED) is 0.783. The third kappa shape index (κ3) is 4.51. The summed E-state index contributed by atoms with van der Waals surface area (Å²) in [6.45, 7) is 4.78. The van der Waals surface area contributed by atoms with Crippen LogP contribution in [0.5, 0.6) is 0 Å². The fourth-order valence-electron chi connectivity index (χ4n) is 3.98. The number of nitrogens with one attached hydrogen (secondary N) is 2. The van der Waals surface area contributed by atoms with Crippen LogP contribution in [0.1, 0.15) is 37.1 Å². The number of aromatic nitrogens is 2. The third-order valence-corrected chi connectivity index (χ3v) is 5.68. The number of amides is 1. The molecule has 0 spiro atoms. The fraction of sp³-hybridized carbons (Fsp3) is 0.824. The molecule has 2 aliphatic carbocycles. The first-order valence-corrected chi connectivity index (χ1v) is 9.08. The van der Waals surface area contributed by atoms with E-state index in [1.165, 1.54) is 12.8 Å². The molecule has 4 atom stereocenters. The van der Waals surface area contributed by atoms with Crippen molar-refractivity contribution in [1.29, 1.82) is 0 Å². The molecule has 0 unspecified atom stereocenters. The van der Waals surface area contributed by atoms with Crippen molar-refractivity contribution in [1.82, 2.24) is 20.9 Å². The number of hydrogen-bond acceptors (Lipinski definition) is 6. The van der Waals surface area contributed by atoms with E-state index in [-0.39, 0.29) is 36.9 Å². The van der Waals surface area contributed by atoms with Crippen LogP contribution in [0.3, 0.4) is 0 Å². The second-order valence-electron chi connectivity index (χ2n) is 7.61. The van der Waals surface area contributed by atoms with Gasteiger partial charge in [-0.15, -0.1) is 12.4 Å². The maximum atomic E-state index is 12.4.